The number of hydrogen-bond donors (Lipinski definition) is 0. The van der Waals surface area contributed by atoms with Crippen molar-refractivity contribution >= 4 is 14.9 Å². The Labute approximate surface area is 49.1 Å². The average molecular weight is 105 g/mol. The van der Waals surface area contributed by atoms with Crippen LogP contribution in [0.2, 0.25) is 0 Å². The molecular weight excluding hydrogens is 102 g/mol. The lowest BCUT2D eigenvalue weighted by atomic mass is 9.53. The summed E-state index contributed by atoms with van der Waals surface area (Å²) in [5.74, 6) is 0.618. The van der Waals surface area contributed by atoms with E-state index >= 15 is 0 Å². The van der Waals surface area contributed by atoms with Crippen LogP contribution in [0.15, 0.2) is 10.9 Å². The number of rotatable bonds is 2. The number of aromatic nitrogens is 2. The van der Waals surface area contributed by atoms with E-state index in [1.54, 1.807) is 0 Å². The van der Waals surface area contributed by atoms with Gasteiger partial charge >= 0.3 is 0 Å². The van der Waals surface area contributed by atoms with Crippen molar-refractivity contribution < 1.29 is 4.52 Å². The largest absolute Gasteiger partial charge is 0.343 e. The SMILES string of the molecule is [B][B]Cc1ncon1. The maximum absolute atomic E-state index is 5.07. The zero-order chi connectivity index (χ0) is 5.82. The van der Waals surface area contributed by atoms with E-state index in [0.717, 1.165) is 0 Å². The molecule has 0 aliphatic rings. The van der Waals surface area contributed by atoms with Gasteiger partial charge in [0.25, 0.3) is 0 Å². The van der Waals surface area contributed by atoms with Crippen molar-refractivity contribution in [3.8, 4) is 0 Å². The highest BCUT2D eigenvalue weighted by Gasteiger charge is 1.92. The predicted molar refractivity (Wildman–Crippen MR) is 29.5 cm³/mol. The number of hydrogen-bond acceptors (Lipinski definition) is 3. The molecule has 0 atom stereocenters. The Morgan fingerprint density at radius 1 is 1.88 bits per heavy atom. The van der Waals surface area contributed by atoms with Crippen LogP contribution >= 0.6 is 0 Å². The Morgan fingerprint density at radius 2 is 2.75 bits per heavy atom. The van der Waals surface area contributed by atoms with Crippen LogP contribution in [0.4, 0.5) is 0 Å². The molecule has 8 heavy (non-hydrogen) atoms. The van der Waals surface area contributed by atoms with Crippen molar-refractivity contribution in [2.75, 3.05) is 0 Å². The van der Waals surface area contributed by atoms with Crippen LogP contribution in [0.5, 0.6) is 0 Å². The minimum Gasteiger partial charge on any atom is -0.343 e. The van der Waals surface area contributed by atoms with E-state index in [1.165, 1.54) is 13.6 Å². The second kappa shape index (κ2) is 2.55. The van der Waals surface area contributed by atoms with Crippen LogP contribution in [-0.4, -0.2) is 25.0 Å². The molecule has 1 aromatic heterocycles. The van der Waals surface area contributed by atoms with Gasteiger partial charge in [0.1, 0.15) is 0 Å². The van der Waals surface area contributed by atoms with Gasteiger partial charge in [0.05, 0.1) is 7.17 Å². The molecule has 0 N–H and O–H groups in total. The first-order chi connectivity index (χ1) is 3.93. The van der Waals surface area contributed by atoms with Gasteiger partial charge in [0.15, 0.2) is 5.82 Å². The summed E-state index contributed by atoms with van der Waals surface area (Å²) in [4.78, 5) is 3.72. The summed E-state index contributed by atoms with van der Waals surface area (Å²) in [7, 11) is 6.55. The molecule has 3 nitrogen and oxygen atoms in total. The third-order valence-electron chi connectivity index (χ3n) is 0.707. The van der Waals surface area contributed by atoms with Crippen molar-refractivity contribution in [3.05, 3.63) is 12.2 Å². The zero-order valence-electron chi connectivity index (χ0n) is 4.24. The lowest BCUT2D eigenvalue weighted by molar-refractivity contribution is 0.412. The van der Waals surface area contributed by atoms with Gasteiger partial charge in [-0.05, 0) is 6.32 Å². The van der Waals surface area contributed by atoms with E-state index in [-0.39, 0.29) is 0 Å². The molecule has 0 bridgehead atoms. The smallest absolute Gasteiger partial charge is 0.213 e. The fourth-order valence-corrected chi connectivity index (χ4v) is 0.388. The molecule has 0 saturated heterocycles. The predicted octanol–water partition coefficient (Wildman–Crippen LogP) is -0.643. The van der Waals surface area contributed by atoms with Gasteiger partial charge in [-0.2, -0.15) is 4.98 Å². The normalized spacial score (nSPS) is 9.00. The summed E-state index contributed by atoms with van der Waals surface area (Å²) >= 11 is 0. The highest BCUT2D eigenvalue weighted by atomic mass is 16.5. The Bertz CT molecular complexity index is 141. The molecule has 0 amide bonds. The quantitative estimate of drug-likeness (QED) is 0.469. The first-order valence-corrected chi connectivity index (χ1v) is 2.22. The summed E-state index contributed by atoms with van der Waals surface area (Å²) in [5.41, 5.74) is 0. The molecule has 3 radical (unpaired) electrons. The average Bonchev–Trinajstić information content (AvgIpc) is 2.19. The molecule has 0 saturated carbocycles. The molecule has 37 valence electrons. The molecule has 0 spiro atoms. The van der Waals surface area contributed by atoms with E-state index in [0.29, 0.717) is 12.1 Å². The Morgan fingerprint density at radius 3 is 3.25 bits per heavy atom. The van der Waals surface area contributed by atoms with Crippen molar-refractivity contribution in [1.29, 1.82) is 0 Å². The summed E-state index contributed by atoms with van der Waals surface area (Å²) in [6.45, 7) is 0. The Hall–Kier alpha value is -0.730. The fraction of sp³-hybridized carbons (Fsp3) is 0.333. The molecule has 0 fully saturated rings. The molecule has 0 aliphatic heterocycles. The van der Waals surface area contributed by atoms with E-state index < -0.39 is 0 Å². The van der Waals surface area contributed by atoms with Crippen molar-refractivity contribution in [2.45, 2.75) is 6.32 Å². The van der Waals surface area contributed by atoms with Crippen LogP contribution in [-0.2, 0) is 6.32 Å². The van der Waals surface area contributed by atoms with E-state index in [4.69, 9.17) is 7.74 Å². The van der Waals surface area contributed by atoms with Crippen LogP contribution in [0.3, 0.4) is 0 Å². The van der Waals surface area contributed by atoms with E-state index in [1.807, 2.05) is 0 Å². The van der Waals surface area contributed by atoms with Crippen molar-refractivity contribution in [3.63, 3.8) is 0 Å². The van der Waals surface area contributed by atoms with Gasteiger partial charge in [0, 0.05) is 7.74 Å². The van der Waals surface area contributed by atoms with Gasteiger partial charge < -0.3 is 4.52 Å². The summed E-state index contributed by atoms with van der Waals surface area (Å²) < 4.78 is 4.43. The maximum atomic E-state index is 5.07. The van der Waals surface area contributed by atoms with Gasteiger partial charge in [-0.3, -0.25) is 0 Å². The molecule has 1 heterocycles. The first kappa shape index (κ1) is 5.41. The molecular formula is C3H3B2N2O. The topological polar surface area (TPSA) is 38.9 Å². The van der Waals surface area contributed by atoms with Crippen LogP contribution in [0.1, 0.15) is 5.82 Å². The second-order valence-corrected chi connectivity index (χ2v) is 1.29. The zero-order valence-corrected chi connectivity index (χ0v) is 4.24. The molecule has 5 heteroatoms. The van der Waals surface area contributed by atoms with Crippen molar-refractivity contribution in [1.82, 2.24) is 10.1 Å². The number of nitrogens with zero attached hydrogens (tertiary/aromatic N) is 2. The Balaban J connectivity index is 2.50. The Kier molecular flexibility index (Phi) is 1.72. The summed E-state index contributed by atoms with van der Waals surface area (Å²) in [6, 6.07) is 0. The molecule has 1 rings (SSSR count). The minimum atomic E-state index is 0.566. The van der Waals surface area contributed by atoms with Gasteiger partial charge in [-0.15, -0.1) is 0 Å². The molecule has 1 aromatic rings. The monoisotopic (exact) mass is 105 g/mol. The highest BCUT2D eigenvalue weighted by Crippen LogP contribution is 1.85. The third kappa shape index (κ3) is 1.12. The first-order valence-electron chi connectivity index (χ1n) is 2.22. The fourth-order valence-electron chi connectivity index (χ4n) is 0.388. The maximum Gasteiger partial charge on any atom is 0.213 e. The molecule has 0 unspecified atom stereocenters. The van der Waals surface area contributed by atoms with Crippen LogP contribution in [0, 0.1) is 0 Å². The lowest BCUT2D eigenvalue weighted by Crippen LogP contribution is -1.96. The molecule has 0 aromatic carbocycles. The van der Waals surface area contributed by atoms with Gasteiger partial charge in [-0.25, -0.2) is 0 Å². The standard InChI is InChI=1S/C3H3B2N2O/c4-5-1-3-6-2-8-7-3/h2H,1H2. The summed E-state index contributed by atoms with van der Waals surface area (Å²) in [5, 5.41) is 3.51. The molecule has 0 aliphatic carbocycles. The van der Waals surface area contributed by atoms with Gasteiger partial charge in [-0.1, -0.05) is 5.16 Å². The minimum absolute atomic E-state index is 0.566. The van der Waals surface area contributed by atoms with Crippen LogP contribution < -0.4 is 0 Å². The highest BCUT2D eigenvalue weighted by molar-refractivity contribution is 6.88. The van der Waals surface area contributed by atoms with Crippen molar-refractivity contribution in [2.24, 2.45) is 0 Å². The summed E-state index contributed by atoms with van der Waals surface area (Å²) in [6.07, 6.45) is 1.84. The third-order valence-corrected chi connectivity index (χ3v) is 0.707. The van der Waals surface area contributed by atoms with E-state index in [9.17, 15) is 0 Å². The lowest BCUT2D eigenvalue weighted by Gasteiger charge is -1.79. The van der Waals surface area contributed by atoms with E-state index in [2.05, 4.69) is 14.7 Å². The van der Waals surface area contributed by atoms with Crippen LogP contribution in [0.25, 0.3) is 0 Å². The van der Waals surface area contributed by atoms with Gasteiger partial charge in [0.2, 0.25) is 6.39 Å². The second-order valence-electron chi connectivity index (χ2n) is 1.29.